The average molecular weight is 1080 g/mol. The van der Waals surface area contributed by atoms with Gasteiger partial charge in [0.2, 0.25) is 0 Å². The van der Waals surface area contributed by atoms with Crippen LogP contribution in [0.4, 0.5) is 0 Å². The lowest BCUT2D eigenvalue weighted by Crippen LogP contribution is -2.68. The molecule has 29 atom stereocenters. The molecule has 4 saturated carbocycles. The molecule has 4 heterocycles. The molecule has 22 heteroatoms. The number of allylic oxidation sites excluding steroid dienone is 2. The van der Waals surface area contributed by atoms with E-state index in [2.05, 4.69) is 40.7 Å². The molecule has 8 fully saturated rings. The largest absolute Gasteiger partial charge is 0.394 e. The van der Waals surface area contributed by atoms with Crippen LogP contribution in [0, 0.1) is 45.3 Å². The average Bonchev–Trinajstić information content (AvgIpc) is 3.75. The van der Waals surface area contributed by atoms with Gasteiger partial charge in [0.25, 0.3) is 0 Å². The smallest absolute Gasteiger partial charge is 0.187 e. The number of aliphatic hydroxyl groups excluding tert-OH is 14. The van der Waals surface area contributed by atoms with E-state index >= 15 is 0 Å². The molecule has 0 amide bonds. The first-order chi connectivity index (χ1) is 35.1. The number of fused-ring (bicyclic) bond motifs is 5. The van der Waals surface area contributed by atoms with E-state index in [0.717, 1.165) is 24.8 Å². The van der Waals surface area contributed by atoms with Crippen LogP contribution < -0.4 is 0 Å². The fraction of sp³-hybridized carbons (Fsp3) is 0.962. The second kappa shape index (κ2) is 22.7. The van der Waals surface area contributed by atoms with Crippen molar-refractivity contribution in [3.63, 3.8) is 0 Å². The minimum Gasteiger partial charge on any atom is -0.394 e. The van der Waals surface area contributed by atoms with Crippen LogP contribution in [-0.4, -0.2) is 232 Å². The van der Waals surface area contributed by atoms with Crippen LogP contribution in [0.25, 0.3) is 0 Å². The van der Waals surface area contributed by atoms with Crippen LogP contribution in [0.5, 0.6) is 0 Å². The molecular weight excluding hydrogens is 989 g/mol. The summed E-state index contributed by atoms with van der Waals surface area (Å²) >= 11 is 0. The van der Waals surface area contributed by atoms with E-state index < -0.39 is 165 Å². The molecule has 0 aromatic rings. The Morgan fingerprint density at radius 2 is 1.16 bits per heavy atom. The molecule has 4 aliphatic heterocycles. The third kappa shape index (κ3) is 10.6. The number of hydrogen-bond acceptors (Lipinski definition) is 22. The van der Waals surface area contributed by atoms with Crippen molar-refractivity contribution in [3.8, 4) is 0 Å². The molecule has 0 spiro atoms. The Morgan fingerprint density at radius 1 is 0.587 bits per heavy atom. The van der Waals surface area contributed by atoms with Crippen LogP contribution >= 0.6 is 0 Å². The summed E-state index contributed by atoms with van der Waals surface area (Å²) in [6.07, 6.45) is -22.6. The van der Waals surface area contributed by atoms with Gasteiger partial charge in [-0.1, -0.05) is 46.3 Å². The van der Waals surface area contributed by atoms with E-state index in [1.807, 2.05) is 20.8 Å². The molecule has 14 N–H and O–H groups in total. The van der Waals surface area contributed by atoms with Gasteiger partial charge < -0.3 is 109 Å². The third-order valence-corrected chi connectivity index (χ3v) is 20.5. The van der Waals surface area contributed by atoms with Crippen molar-refractivity contribution in [2.24, 2.45) is 45.3 Å². The quantitative estimate of drug-likeness (QED) is 0.0651. The van der Waals surface area contributed by atoms with Crippen LogP contribution in [0.3, 0.4) is 0 Å². The zero-order valence-corrected chi connectivity index (χ0v) is 44.7. The summed E-state index contributed by atoms with van der Waals surface area (Å²) in [4.78, 5) is 0. The molecular formula is C53H90O22. The van der Waals surface area contributed by atoms with Crippen molar-refractivity contribution in [2.45, 2.75) is 248 Å². The second-order valence-electron chi connectivity index (χ2n) is 25.3. The molecule has 75 heavy (non-hydrogen) atoms. The van der Waals surface area contributed by atoms with Gasteiger partial charge in [0.1, 0.15) is 91.6 Å². The maximum atomic E-state index is 12.8. The number of rotatable bonds is 15. The van der Waals surface area contributed by atoms with Gasteiger partial charge in [0.05, 0.1) is 44.2 Å². The fourth-order valence-corrected chi connectivity index (χ4v) is 16.0. The van der Waals surface area contributed by atoms with Crippen LogP contribution in [0.1, 0.15) is 113 Å². The van der Waals surface area contributed by atoms with E-state index in [1.54, 1.807) is 0 Å². The van der Waals surface area contributed by atoms with Crippen molar-refractivity contribution in [1.82, 2.24) is 0 Å². The predicted molar refractivity (Wildman–Crippen MR) is 260 cm³/mol. The first kappa shape index (κ1) is 60.0. The van der Waals surface area contributed by atoms with Gasteiger partial charge in [0.15, 0.2) is 25.2 Å². The molecule has 0 radical (unpaired) electrons. The van der Waals surface area contributed by atoms with Crippen molar-refractivity contribution >= 4 is 0 Å². The zero-order valence-electron chi connectivity index (χ0n) is 44.7. The topological polar surface area (TPSA) is 357 Å². The number of aliphatic hydroxyl groups is 14. The van der Waals surface area contributed by atoms with Gasteiger partial charge in [-0.05, 0) is 124 Å². The molecule has 22 nitrogen and oxygen atoms in total. The number of ether oxygens (including phenoxy) is 8. The van der Waals surface area contributed by atoms with Crippen LogP contribution in [0.15, 0.2) is 11.6 Å². The van der Waals surface area contributed by atoms with Crippen molar-refractivity contribution in [3.05, 3.63) is 11.6 Å². The van der Waals surface area contributed by atoms with Crippen molar-refractivity contribution in [2.75, 3.05) is 26.4 Å². The summed E-state index contributed by atoms with van der Waals surface area (Å²) in [6.45, 7) is 15.1. The molecule has 8 aliphatic rings. The third-order valence-electron chi connectivity index (χ3n) is 20.5. The summed E-state index contributed by atoms with van der Waals surface area (Å²) < 4.78 is 48.8. The van der Waals surface area contributed by atoms with Gasteiger partial charge in [-0.25, -0.2) is 0 Å². The lowest BCUT2D eigenvalue weighted by atomic mass is 9.35. The Balaban J connectivity index is 1.01. The van der Waals surface area contributed by atoms with Gasteiger partial charge in [-0.2, -0.15) is 0 Å². The minimum atomic E-state index is -1.81. The summed E-state index contributed by atoms with van der Waals surface area (Å²) in [6, 6.07) is 0. The van der Waals surface area contributed by atoms with Crippen LogP contribution in [0.2, 0.25) is 0 Å². The molecule has 0 aromatic heterocycles. The molecule has 434 valence electrons. The normalized spacial score (nSPS) is 52.7. The molecule has 0 aromatic carbocycles. The predicted octanol–water partition coefficient (Wildman–Crippen LogP) is -1.56. The van der Waals surface area contributed by atoms with E-state index in [9.17, 15) is 71.5 Å². The lowest BCUT2D eigenvalue weighted by molar-refractivity contribution is -0.378. The summed E-state index contributed by atoms with van der Waals surface area (Å²) in [5.41, 5.74) is -1.48. The maximum Gasteiger partial charge on any atom is 0.187 e. The van der Waals surface area contributed by atoms with E-state index in [0.29, 0.717) is 38.5 Å². The molecule has 4 saturated heterocycles. The first-order valence-electron chi connectivity index (χ1n) is 27.3. The van der Waals surface area contributed by atoms with Gasteiger partial charge >= 0.3 is 0 Å². The van der Waals surface area contributed by atoms with E-state index in [4.69, 9.17) is 37.9 Å². The molecule has 0 bridgehead atoms. The second-order valence-corrected chi connectivity index (χ2v) is 25.3. The van der Waals surface area contributed by atoms with E-state index in [1.165, 1.54) is 0 Å². The summed E-state index contributed by atoms with van der Waals surface area (Å²) in [7, 11) is 0. The highest BCUT2D eigenvalue weighted by Crippen LogP contribution is 2.76. The Morgan fingerprint density at radius 3 is 1.80 bits per heavy atom. The zero-order chi connectivity index (χ0) is 55.1. The molecule has 3 unspecified atom stereocenters. The standard InChI is InChI=1S/C53H90O22/c1-23(2)10-9-14-53(8,75-47-43(67)39(63)37(61)29(72-47)22-69-45-41(65)34(58)26(57)21-68-45)24-11-16-52(7)33(24)25(56)18-31-50(5)15-13-32(49(3,4)30(50)12-17-51(31,52)6)73-48-44(40(64)36(60)28(20-55)71-48)74-46-42(66)38(62)35(59)27(19-54)70-46/h10,24-48,54-67H,9,11-22H2,1-8H3/t24-,25?,26-,27-,28+,29+,30-,31?,32-,33?,34-,35-,36+,37+,38+,39-,40-,41+,42-,43+,44+,45+,46+,47-,48-,50-,51+,52+,53+/m0/s1. The Hall–Kier alpha value is -1.14. The summed E-state index contributed by atoms with van der Waals surface area (Å²) in [5, 5.41) is 151. The van der Waals surface area contributed by atoms with Crippen LogP contribution in [-0.2, 0) is 37.9 Å². The Kier molecular flexibility index (Phi) is 18.1. The van der Waals surface area contributed by atoms with Crippen molar-refractivity contribution in [1.29, 1.82) is 0 Å². The Labute approximate surface area is 439 Å². The minimum absolute atomic E-state index is 0.0508. The van der Waals surface area contributed by atoms with Gasteiger partial charge in [-0.15, -0.1) is 0 Å². The summed E-state index contributed by atoms with van der Waals surface area (Å²) in [5.74, 6) is -0.395. The van der Waals surface area contributed by atoms with Crippen molar-refractivity contribution < 1.29 is 109 Å². The fourth-order valence-electron chi connectivity index (χ4n) is 16.0. The first-order valence-corrected chi connectivity index (χ1v) is 27.3. The Bertz CT molecular complexity index is 1940. The number of hydrogen-bond donors (Lipinski definition) is 14. The van der Waals surface area contributed by atoms with Gasteiger partial charge in [-0.3, -0.25) is 0 Å². The molecule has 8 rings (SSSR count). The molecule has 4 aliphatic carbocycles. The monoisotopic (exact) mass is 1080 g/mol. The maximum absolute atomic E-state index is 12.8. The highest BCUT2D eigenvalue weighted by molar-refractivity contribution is 5.20. The lowest BCUT2D eigenvalue weighted by Gasteiger charge is -2.71. The highest BCUT2D eigenvalue weighted by Gasteiger charge is 2.72. The van der Waals surface area contributed by atoms with Gasteiger partial charge in [0, 0.05) is 0 Å². The van der Waals surface area contributed by atoms with E-state index in [-0.39, 0.29) is 41.1 Å². The highest BCUT2D eigenvalue weighted by atomic mass is 16.8. The SMILES string of the molecule is CC(C)=CCC[C@@](C)(O[C@@H]1O[C@H](CO[C@H]2OC[C@H](O)[C@H](O)[C@H]2O)[C@@H](O)[C@H](O)[C@H]1O)[C@H]1CC[C@]2(C)C1C(O)CC1[C@@]3(C)CC[C@H](O[C@@H]4O[C@H](CO)[C@@H](O)[C@H](O)[C@H]4O[C@H]4O[C@@H](CO)[C@H](O)[C@@H](O)[C@@H]4O)C(C)(C)[C@@H]3CC[C@]12C.